The van der Waals surface area contributed by atoms with Crippen LogP contribution in [0.25, 0.3) is 0 Å². The van der Waals surface area contributed by atoms with Gasteiger partial charge in [-0.2, -0.15) is 0 Å². The summed E-state index contributed by atoms with van der Waals surface area (Å²) in [6.07, 6.45) is 2.00. The number of aryl methyl sites for hydroxylation is 1. The molecule has 0 saturated carbocycles. The molecule has 1 aliphatic rings. The summed E-state index contributed by atoms with van der Waals surface area (Å²) in [7, 11) is 1.72. The van der Waals surface area contributed by atoms with E-state index in [1.54, 1.807) is 18.4 Å². The SMILES string of the molecule is COCCCCN1C(=O)C(C(C)C)NC1c1ccc(C)s1. The zero-order chi connectivity index (χ0) is 15.4. The van der Waals surface area contributed by atoms with Gasteiger partial charge in [-0.25, -0.2) is 0 Å². The molecule has 1 aromatic rings. The lowest BCUT2D eigenvalue weighted by atomic mass is 10.1. The number of unbranched alkanes of at least 4 members (excludes halogenated alkanes) is 1. The van der Waals surface area contributed by atoms with Crippen LogP contribution in [0.3, 0.4) is 0 Å². The molecule has 0 aromatic carbocycles. The van der Waals surface area contributed by atoms with Crippen LogP contribution >= 0.6 is 11.3 Å². The van der Waals surface area contributed by atoms with E-state index in [1.165, 1.54) is 9.75 Å². The molecule has 0 radical (unpaired) electrons. The number of nitrogens with zero attached hydrogens (tertiary/aromatic N) is 1. The first-order valence-electron chi connectivity index (χ1n) is 7.66. The van der Waals surface area contributed by atoms with Gasteiger partial charge in [0.15, 0.2) is 0 Å². The van der Waals surface area contributed by atoms with Gasteiger partial charge >= 0.3 is 0 Å². The average Bonchev–Trinajstić information content (AvgIpc) is 2.99. The van der Waals surface area contributed by atoms with E-state index in [0.717, 1.165) is 26.0 Å². The van der Waals surface area contributed by atoms with Crippen LogP contribution in [0.15, 0.2) is 12.1 Å². The normalized spacial score (nSPS) is 22.5. The Bertz CT molecular complexity index is 473. The van der Waals surface area contributed by atoms with Crippen LogP contribution in [0.2, 0.25) is 0 Å². The summed E-state index contributed by atoms with van der Waals surface area (Å²) in [6.45, 7) is 7.85. The summed E-state index contributed by atoms with van der Waals surface area (Å²) >= 11 is 1.77. The summed E-state index contributed by atoms with van der Waals surface area (Å²) in [5.41, 5.74) is 0. The Morgan fingerprint density at radius 1 is 1.38 bits per heavy atom. The Kier molecular flexibility index (Phi) is 5.79. The van der Waals surface area contributed by atoms with Crippen molar-refractivity contribution < 1.29 is 9.53 Å². The maximum absolute atomic E-state index is 12.6. The molecule has 0 bridgehead atoms. The number of rotatable bonds is 7. The maximum Gasteiger partial charge on any atom is 0.241 e. The number of hydrogen-bond donors (Lipinski definition) is 1. The highest BCUT2D eigenvalue weighted by molar-refractivity contribution is 7.12. The Morgan fingerprint density at radius 2 is 2.14 bits per heavy atom. The number of methoxy groups -OCH3 is 1. The molecule has 1 saturated heterocycles. The fraction of sp³-hybridized carbons (Fsp3) is 0.688. The van der Waals surface area contributed by atoms with Gasteiger partial charge in [-0.05, 0) is 37.8 Å². The molecule has 1 amide bonds. The minimum absolute atomic E-state index is 0.0335. The van der Waals surface area contributed by atoms with Crippen molar-refractivity contribution in [3.05, 3.63) is 21.9 Å². The van der Waals surface area contributed by atoms with Crippen molar-refractivity contribution in [2.45, 2.75) is 45.8 Å². The molecule has 2 heterocycles. The van der Waals surface area contributed by atoms with Crippen LogP contribution in [0.5, 0.6) is 0 Å². The predicted molar refractivity (Wildman–Crippen MR) is 86.4 cm³/mol. The maximum atomic E-state index is 12.6. The van der Waals surface area contributed by atoms with Gasteiger partial charge in [0.05, 0.1) is 6.04 Å². The minimum Gasteiger partial charge on any atom is -0.385 e. The minimum atomic E-state index is -0.0696. The van der Waals surface area contributed by atoms with Crippen LogP contribution in [0.4, 0.5) is 0 Å². The van der Waals surface area contributed by atoms with E-state index in [2.05, 4.69) is 38.2 Å². The Balaban J connectivity index is 2.09. The second kappa shape index (κ2) is 7.38. The highest BCUT2D eigenvalue weighted by Gasteiger charge is 2.41. The standard InChI is InChI=1S/C16H26N2O2S/c1-11(2)14-16(19)18(9-5-6-10-20-4)15(17-14)13-8-7-12(3)21-13/h7-8,11,14-15,17H,5-6,9-10H2,1-4H3. The summed E-state index contributed by atoms with van der Waals surface area (Å²) < 4.78 is 5.09. The van der Waals surface area contributed by atoms with Crippen molar-refractivity contribution in [2.24, 2.45) is 5.92 Å². The van der Waals surface area contributed by atoms with Crippen molar-refractivity contribution in [3.8, 4) is 0 Å². The lowest BCUT2D eigenvalue weighted by Gasteiger charge is -2.23. The van der Waals surface area contributed by atoms with Gasteiger partial charge < -0.3 is 9.64 Å². The zero-order valence-electron chi connectivity index (χ0n) is 13.4. The van der Waals surface area contributed by atoms with E-state index in [1.807, 2.05) is 4.90 Å². The van der Waals surface area contributed by atoms with Crippen molar-refractivity contribution in [2.75, 3.05) is 20.3 Å². The molecule has 118 valence electrons. The van der Waals surface area contributed by atoms with Gasteiger partial charge in [-0.3, -0.25) is 10.1 Å². The van der Waals surface area contributed by atoms with Gasteiger partial charge in [0, 0.05) is 30.0 Å². The van der Waals surface area contributed by atoms with Crippen LogP contribution < -0.4 is 5.32 Å². The summed E-state index contributed by atoms with van der Waals surface area (Å²) in [5, 5.41) is 3.52. The van der Waals surface area contributed by atoms with Gasteiger partial charge in [0.2, 0.25) is 5.91 Å². The molecule has 1 aliphatic heterocycles. The first-order valence-corrected chi connectivity index (χ1v) is 8.48. The number of hydrogen-bond acceptors (Lipinski definition) is 4. The smallest absolute Gasteiger partial charge is 0.241 e. The number of thiophene rings is 1. The topological polar surface area (TPSA) is 41.6 Å². The van der Waals surface area contributed by atoms with E-state index in [0.29, 0.717) is 5.92 Å². The average molecular weight is 310 g/mol. The van der Waals surface area contributed by atoms with Crippen LogP contribution in [0, 0.1) is 12.8 Å². The fourth-order valence-corrected chi connectivity index (χ4v) is 3.67. The molecule has 2 rings (SSSR count). The number of amides is 1. The summed E-state index contributed by atoms with van der Waals surface area (Å²) in [5.74, 6) is 0.545. The van der Waals surface area contributed by atoms with Gasteiger partial charge in [-0.1, -0.05) is 13.8 Å². The third-order valence-corrected chi connectivity index (χ3v) is 4.95. The molecule has 21 heavy (non-hydrogen) atoms. The van der Waals surface area contributed by atoms with Gasteiger partial charge in [0.1, 0.15) is 6.17 Å². The van der Waals surface area contributed by atoms with Crippen molar-refractivity contribution in [1.82, 2.24) is 10.2 Å². The second-order valence-corrected chi connectivity index (χ2v) is 7.29. The monoisotopic (exact) mass is 310 g/mol. The van der Waals surface area contributed by atoms with Crippen LogP contribution in [0.1, 0.15) is 42.6 Å². The third-order valence-electron chi connectivity index (χ3n) is 3.89. The van der Waals surface area contributed by atoms with Crippen LogP contribution in [-0.2, 0) is 9.53 Å². The van der Waals surface area contributed by atoms with Gasteiger partial charge in [0.25, 0.3) is 0 Å². The molecule has 1 aromatic heterocycles. The van der Waals surface area contributed by atoms with Crippen molar-refractivity contribution >= 4 is 17.2 Å². The number of carbonyl (C=O) groups excluding carboxylic acids is 1. The zero-order valence-corrected chi connectivity index (χ0v) is 14.2. The molecule has 0 aliphatic carbocycles. The summed E-state index contributed by atoms with van der Waals surface area (Å²) in [4.78, 5) is 17.2. The first kappa shape index (κ1) is 16.5. The molecular formula is C16H26N2O2S. The van der Waals surface area contributed by atoms with Crippen LogP contribution in [-0.4, -0.2) is 37.1 Å². The molecule has 5 heteroatoms. The first-order chi connectivity index (χ1) is 10.0. The van der Waals surface area contributed by atoms with E-state index in [4.69, 9.17) is 4.74 Å². The third kappa shape index (κ3) is 3.84. The van der Waals surface area contributed by atoms with E-state index in [9.17, 15) is 4.79 Å². The number of nitrogens with one attached hydrogen (secondary N) is 1. The second-order valence-electron chi connectivity index (χ2n) is 5.97. The molecule has 2 atom stereocenters. The van der Waals surface area contributed by atoms with Crippen molar-refractivity contribution in [3.63, 3.8) is 0 Å². The molecule has 4 nitrogen and oxygen atoms in total. The number of carbonyl (C=O) groups is 1. The Morgan fingerprint density at radius 3 is 2.71 bits per heavy atom. The largest absolute Gasteiger partial charge is 0.385 e. The highest BCUT2D eigenvalue weighted by atomic mass is 32.1. The molecular weight excluding hydrogens is 284 g/mol. The molecule has 2 unspecified atom stereocenters. The lowest BCUT2D eigenvalue weighted by molar-refractivity contribution is -0.130. The van der Waals surface area contributed by atoms with E-state index < -0.39 is 0 Å². The van der Waals surface area contributed by atoms with Gasteiger partial charge in [-0.15, -0.1) is 11.3 Å². The van der Waals surface area contributed by atoms with E-state index >= 15 is 0 Å². The summed E-state index contributed by atoms with van der Waals surface area (Å²) in [6, 6.07) is 4.19. The highest BCUT2D eigenvalue weighted by Crippen LogP contribution is 2.32. The molecule has 1 fully saturated rings. The Labute approximate surface area is 131 Å². The van der Waals surface area contributed by atoms with Crippen molar-refractivity contribution in [1.29, 1.82) is 0 Å². The predicted octanol–water partition coefficient (Wildman–Crippen LogP) is 2.94. The fourth-order valence-electron chi connectivity index (χ4n) is 2.72. The number of ether oxygens (including phenoxy) is 1. The molecule has 1 N–H and O–H groups in total. The quantitative estimate of drug-likeness (QED) is 0.787. The Hall–Kier alpha value is -0.910. The lowest BCUT2D eigenvalue weighted by Crippen LogP contribution is -2.35. The molecule has 0 spiro atoms. The van der Waals surface area contributed by atoms with E-state index in [-0.39, 0.29) is 18.1 Å².